The van der Waals surface area contributed by atoms with Gasteiger partial charge in [-0.2, -0.15) is 0 Å². The Balaban J connectivity index is 1.64. The van der Waals surface area contributed by atoms with E-state index in [0.29, 0.717) is 18.5 Å². The average Bonchev–Trinajstić information content (AvgIpc) is 2.81. The molecule has 0 radical (unpaired) electrons. The van der Waals surface area contributed by atoms with Crippen molar-refractivity contribution in [1.82, 2.24) is 9.80 Å². The molecule has 2 amide bonds. The van der Waals surface area contributed by atoms with Gasteiger partial charge in [-0.25, -0.2) is 8.78 Å². The number of carbonyl (C=O) groups excluding carboxylic acids is 2. The van der Waals surface area contributed by atoms with Crippen LogP contribution >= 0.6 is 0 Å². The highest BCUT2D eigenvalue weighted by Crippen LogP contribution is 2.41. The quantitative estimate of drug-likeness (QED) is 0.897. The number of carbonyl (C=O) groups is 2. The second-order valence-electron chi connectivity index (χ2n) is 7.32. The molecular weight excluding hydrogens is 328 g/mol. The van der Waals surface area contributed by atoms with Crippen molar-refractivity contribution < 1.29 is 18.4 Å². The largest absolute Gasteiger partial charge is 0.368 e. The summed E-state index contributed by atoms with van der Waals surface area (Å²) in [7, 11) is 0. The summed E-state index contributed by atoms with van der Waals surface area (Å²) in [6.45, 7) is 4.05. The number of nitrogens with zero attached hydrogens (tertiary/aromatic N) is 2. The molecule has 136 valence electrons. The summed E-state index contributed by atoms with van der Waals surface area (Å²) in [5, 5.41) is 0. The number of benzene rings is 1. The van der Waals surface area contributed by atoms with E-state index in [1.165, 1.54) is 12.1 Å². The highest BCUT2D eigenvalue weighted by Gasteiger charge is 2.45. The van der Waals surface area contributed by atoms with Gasteiger partial charge in [0, 0.05) is 25.6 Å². The number of primary amides is 1. The second kappa shape index (κ2) is 6.71. The Labute approximate surface area is 145 Å². The van der Waals surface area contributed by atoms with Gasteiger partial charge in [0.2, 0.25) is 11.8 Å². The first kappa shape index (κ1) is 17.8. The highest BCUT2D eigenvalue weighted by atomic mass is 19.1. The van der Waals surface area contributed by atoms with Crippen LogP contribution in [-0.2, 0) is 16.1 Å². The van der Waals surface area contributed by atoms with Crippen molar-refractivity contribution in [3.05, 3.63) is 35.4 Å². The summed E-state index contributed by atoms with van der Waals surface area (Å²) >= 11 is 0. The molecule has 1 atom stereocenters. The predicted molar refractivity (Wildman–Crippen MR) is 88.3 cm³/mol. The van der Waals surface area contributed by atoms with Crippen LogP contribution in [0.1, 0.15) is 31.7 Å². The van der Waals surface area contributed by atoms with Crippen LogP contribution < -0.4 is 5.73 Å². The molecule has 2 aliphatic heterocycles. The predicted octanol–water partition coefficient (Wildman–Crippen LogP) is 1.65. The first-order valence-electron chi connectivity index (χ1n) is 8.54. The summed E-state index contributed by atoms with van der Waals surface area (Å²) < 4.78 is 26.7. The van der Waals surface area contributed by atoms with Crippen LogP contribution in [0.2, 0.25) is 0 Å². The van der Waals surface area contributed by atoms with Crippen molar-refractivity contribution >= 4 is 11.8 Å². The fourth-order valence-electron chi connectivity index (χ4n) is 3.95. The zero-order valence-electron chi connectivity index (χ0n) is 14.3. The molecule has 2 fully saturated rings. The molecule has 5 nitrogen and oxygen atoms in total. The molecular formula is C18H23F2N3O2. The minimum Gasteiger partial charge on any atom is -0.368 e. The summed E-state index contributed by atoms with van der Waals surface area (Å²) in [6.07, 6.45) is 2.07. The zero-order valence-corrected chi connectivity index (χ0v) is 14.3. The summed E-state index contributed by atoms with van der Waals surface area (Å²) in [4.78, 5) is 27.5. The van der Waals surface area contributed by atoms with E-state index in [9.17, 15) is 18.4 Å². The molecule has 3 rings (SSSR count). The number of halogens is 2. The minimum atomic E-state index is -0.634. The van der Waals surface area contributed by atoms with Crippen molar-refractivity contribution in [3.8, 4) is 0 Å². The standard InChI is InChI=1S/C18H23F2N3O2/c1-12(17(21)25)22-4-2-18(3-5-22)9-16(24)23(11-18)10-13-6-14(19)8-15(20)7-13/h6-8,12H,2-5,9-11H2,1H3,(H2,21,25). The van der Waals surface area contributed by atoms with Gasteiger partial charge in [-0.15, -0.1) is 0 Å². The van der Waals surface area contributed by atoms with E-state index in [1.807, 2.05) is 4.90 Å². The fourth-order valence-corrected chi connectivity index (χ4v) is 3.95. The Kier molecular flexibility index (Phi) is 4.77. The first-order valence-corrected chi connectivity index (χ1v) is 8.54. The van der Waals surface area contributed by atoms with Crippen molar-refractivity contribution in [2.75, 3.05) is 19.6 Å². The molecule has 1 aromatic carbocycles. The lowest BCUT2D eigenvalue weighted by molar-refractivity contribution is -0.128. The lowest BCUT2D eigenvalue weighted by Crippen LogP contribution is -2.49. The van der Waals surface area contributed by atoms with Crippen molar-refractivity contribution in [2.45, 2.75) is 38.8 Å². The van der Waals surface area contributed by atoms with Crippen LogP contribution in [-0.4, -0.2) is 47.3 Å². The molecule has 1 aromatic rings. The lowest BCUT2D eigenvalue weighted by Gasteiger charge is -2.40. The van der Waals surface area contributed by atoms with Gasteiger partial charge in [0.15, 0.2) is 0 Å². The molecule has 25 heavy (non-hydrogen) atoms. The fraction of sp³-hybridized carbons (Fsp3) is 0.556. The van der Waals surface area contributed by atoms with E-state index in [0.717, 1.165) is 32.0 Å². The summed E-state index contributed by atoms with van der Waals surface area (Å²) in [5.74, 6) is -1.59. The number of nitrogens with two attached hydrogens (primary N) is 1. The van der Waals surface area contributed by atoms with Gasteiger partial charge in [0.25, 0.3) is 0 Å². The molecule has 2 heterocycles. The van der Waals surface area contributed by atoms with Gasteiger partial charge < -0.3 is 10.6 Å². The molecule has 0 bridgehead atoms. The van der Waals surface area contributed by atoms with Crippen molar-refractivity contribution in [3.63, 3.8) is 0 Å². The smallest absolute Gasteiger partial charge is 0.234 e. The maximum absolute atomic E-state index is 13.3. The number of piperidine rings is 1. The number of hydrogen-bond acceptors (Lipinski definition) is 3. The van der Waals surface area contributed by atoms with Gasteiger partial charge >= 0.3 is 0 Å². The van der Waals surface area contributed by atoms with E-state index >= 15 is 0 Å². The normalized spacial score (nSPS) is 21.7. The van der Waals surface area contributed by atoms with E-state index in [2.05, 4.69) is 0 Å². The van der Waals surface area contributed by atoms with Gasteiger partial charge in [-0.05, 0) is 56.0 Å². The molecule has 7 heteroatoms. The molecule has 1 unspecified atom stereocenters. The monoisotopic (exact) mass is 351 g/mol. The van der Waals surface area contributed by atoms with Crippen LogP contribution in [0, 0.1) is 17.0 Å². The van der Waals surface area contributed by atoms with Crippen LogP contribution in [0.3, 0.4) is 0 Å². The van der Waals surface area contributed by atoms with Crippen molar-refractivity contribution in [1.29, 1.82) is 0 Å². The minimum absolute atomic E-state index is 0.0149. The van der Waals surface area contributed by atoms with Crippen LogP contribution in [0.15, 0.2) is 18.2 Å². The van der Waals surface area contributed by atoms with E-state index in [1.54, 1.807) is 11.8 Å². The Bertz CT molecular complexity index is 667. The second-order valence-corrected chi connectivity index (χ2v) is 7.32. The maximum atomic E-state index is 13.3. The molecule has 2 saturated heterocycles. The summed E-state index contributed by atoms with van der Waals surface area (Å²) in [5.41, 5.74) is 5.71. The average molecular weight is 351 g/mol. The SMILES string of the molecule is CC(C(N)=O)N1CCC2(CC1)CC(=O)N(Cc1cc(F)cc(F)c1)C2. The van der Waals surface area contributed by atoms with Crippen molar-refractivity contribution in [2.24, 2.45) is 11.1 Å². The Morgan fingerprint density at radius 3 is 2.40 bits per heavy atom. The van der Waals surface area contributed by atoms with Gasteiger partial charge in [-0.3, -0.25) is 14.5 Å². The third kappa shape index (κ3) is 3.81. The van der Waals surface area contributed by atoms with Gasteiger partial charge in [-0.1, -0.05) is 0 Å². The molecule has 0 saturated carbocycles. The Morgan fingerprint density at radius 1 is 1.24 bits per heavy atom. The molecule has 2 aliphatic rings. The van der Waals surface area contributed by atoms with Crippen LogP contribution in [0.25, 0.3) is 0 Å². The van der Waals surface area contributed by atoms with Gasteiger partial charge in [0.1, 0.15) is 11.6 Å². The van der Waals surface area contributed by atoms with E-state index in [-0.39, 0.29) is 29.8 Å². The third-order valence-corrected chi connectivity index (χ3v) is 5.52. The number of hydrogen-bond donors (Lipinski definition) is 1. The first-order chi connectivity index (χ1) is 11.8. The van der Waals surface area contributed by atoms with Gasteiger partial charge in [0.05, 0.1) is 6.04 Å². The Hall–Kier alpha value is -2.02. The number of rotatable bonds is 4. The molecule has 0 aromatic heterocycles. The summed E-state index contributed by atoms with van der Waals surface area (Å²) in [6, 6.07) is 3.05. The highest BCUT2D eigenvalue weighted by molar-refractivity contribution is 5.80. The van der Waals surface area contributed by atoms with Crippen LogP contribution in [0.4, 0.5) is 8.78 Å². The number of amides is 2. The Morgan fingerprint density at radius 2 is 1.84 bits per heavy atom. The third-order valence-electron chi connectivity index (χ3n) is 5.52. The van der Waals surface area contributed by atoms with E-state index < -0.39 is 11.6 Å². The number of likely N-dealkylation sites (tertiary alicyclic amines) is 2. The van der Waals surface area contributed by atoms with E-state index in [4.69, 9.17) is 5.73 Å². The lowest BCUT2D eigenvalue weighted by atomic mass is 9.77. The molecule has 1 spiro atoms. The molecule has 0 aliphatic carbocycles. The topological polar surface area (TPSA) is 66.6 Å². The molecule has 2 N–H and O–H groups in total. The zero-order chi connectivity index (χ0) is 18.2. The maximum Gasteiger partial charge on any atom is 0.234 e. The van der Waals surface area contributed by atoms with Crippen LogP contribution in [0.5, 0.6) is 0 Å².